The molecule has 172 valence electrons. The minimum Gasteiger partial charge on any atom is -0.472 e. The molecule has 33 heavy (non-hydrogen) atoms. The molecule has 0 amide bonds. The van der Waals surface area contributed by atoms with Gasteiger partial charge in [0.1, 0.15) is 5.69 Å². The third-order valence-corrected chi connectivity index (χ3v) is 5.99. The number of dihydropyridines is 1. The lowest BCUT2D eigenvalue weighted by molar-refractivity contribution is -0.386. The Balaban J connectivity index is 1.36. The maximum atomic E-state index is 12.0. The van der Waals surface area contributed by atoms with Gasteiger partial charge in [0.15, 0.2) is 5.65 Å². The van der Waals surface area contributed by atoms with E-state index in [1.165, 1.54) is 0 Å². The van der Waals surface area contributed by atoms with Crippen molar-refractivity contribution in [2.24, 2.45) is 0 Å². The summed E-state index contributed by atoms with van der Waals surface area (Å²) in [5, 5.41) is 25.2. The largest absolute Gasteiger partial charge is 0.472 e. The van der Waals surface area contributed by atoms with Crippen molar-refractivity contribution >= 4 is 34.0 Å². The number of fused-ring (bicyclic) bond motifs is 1. The SMILES string of the molecule is Cc1nn(CCCOc2nn(C3=CC=CNC3C)c(C3CC3)c2[N+](=O)[O-])c2nc(Cl)ncc12. The van der Waals surface area contributed by atoms with Crippen molar-refractivity contribution in [3.8, 4) is 5.88 Å². The normalized spacial score (nSPS) is 17.8. The number of ether oxygens (including phenoxy) is 1. The van der Waals surface area contributed by atoms with Gasteiger partial charge in [-0.25, -0.2) is 14.3 Å². The lowest BCUT2D eigenvalue weighted by Crippen LogP contribution is -2.28. The fourth-order valence-electron chi connectivity index (χ4n) is 4.05. The first-order valence-electron chi connectivity index (χ1n) is 10.8. The van der Waals surface area contributed by atoms with E-state index in [0.717, 1.165) is 29.6 Å². The highest BCUT2D eigenvalue weighted by molar-refractivity contribution is 6.28. The summed E-state index contributed by atoms with van der Waals surface area (Å²) in [7, 11) is 0. The monoisotopic (exact) mass is 470 g/mol. The molecular formula is C21H23ClN8O3. The van der Waals surface area contributed by atoms with Gasteiger partial charge in [-0.3, -0.25) is 10.1 Å². The molecule has 0 aromatic carbocycles. The van der Waals surface area contributed by atoms with Crippen LogP contribution < -0.4 is 10.1 Å². The molecular weight excluding hydrogens is 448 g/mol. The summed E-state index contributed by atoms with van der Waals surface area (Å²) >= 11 is 5.93. The van der Waals surface area contributed by atoms with Gasteiger partial charge < -0.3 is 10.1 Å². The zero-order chi connectivity index (χ0) is 23.1. The highest BCUT2D eigenvalue weighted by Gasteiger charge is 2.40. The smallest absolute Gasteiger partial charge is 0.354 e. The Bertz CT molecular complexity index is 1290. The molecule has 0 saturated heterocycles. The van der Waals surface area contributed by atoms with Crippen LogP contribution in [0.3, 0.4) is 0 Å². The van der Waals surface area contributed by atoms with Crippen molar-refractivity contribution in [2.75, 3.05) is 6.61 Å². The number of nitrogens with zero attached hydrogens (tertiary/aromatic N) is 7. The van der Waals surface area contributed by atoms with Gasteiger partial charge in [-0.2, -0.15) is 10.1 Å². The van der Waals surface area contributed by atoms with Gasteiger partial charge in [-0.1, -0.05) is 0 Å². The van der Waals surface area contributed by atoms with Gasteiger partial charge in [-0.05, 0) is 56.6 Å². The molecule has 1 atom stereocenters. The minimum atomic E-state index is -0.382. The number of aryl methyl sites for hydroxylation is 2. The van der Waals surface area contributed by atoms with Crippen molar-refractivity contribution < 1.29 is 9.66 Å². The van der Waals surface area contributed by atoms with Crippen molar-refractivity contribution in [1.82, 2.24) is 34.8 Å². The molecule has 11 nitrogen and oxygen atoms in total. The molecule has 1 fully saturated rings. The zero-order valence-corrected chi connectivity index (χ0v) is 19.0. The van der Waals surface area contributed by atoms with Crippen molar-refractivity contribution in [1.29, 1.82) is 0 Å². The van der Waals surface area contributed by atoms with Crippen LogP contribution in [0.1, 0.15) is 43.5 Å². The van der Waals surface area contributed by atoms with Crippen molar-refractivity contribution in [2.45, 2.75) is 51.6 Å². The Morgan fingerprint density at radius 3 is 2.91 bits per heavy atom. The lowest BCUT2D eigenvalue weighted by Gasteiger charge is -2.20. The number of hydrogen-bond donors (Lipinski definition) is 1. The Hall–Kier alpha value is -3.47. The maximum Gasteiger partial charge on any atom is 0.354 e. The summed E-state index contributed by atoms with van der Waals surface area (Å²) in [6.45, 7) is 4.63. The fraction of sp³-hybridized carbons (Fsp3) is 0.429. The molecule has 1 unspecified atom stereocenters. The highest BCUT2D eigenvalue weighted by atomic mass is 35.5. The second-order valence-corrected chi connectivity index (χ2v) is 8.55. The van der Waals surface area contributed by atoms with Crippen LogP contribution in [0.4, 0.5) is 5.69 Å². The lowest BCUT2D eigenvalue weighted by atomic mass is 10.1. The molecule has 12 heteroatoms. The summed E-state index contributed by atoms with van der Waals surface area (Å²) in [6.07, 6.45) is 9.67. The summed E-state index contributed by atoms with van der Waals surface area (Å²) in [5.41, 5.74) is 2.89. The quantitative estimate of drug-likeness (QED) is 0.229. The Kier molecular flexibility index (Phi) is 5.49. The van der Waals surface area contributed by atoms with Crippen LogP contribution in [0.25, 0.3) is 16.7 Å². The second-order valence-electron chi connectivity index (χ2n) is 8.21. The molecule has 2 aliphatic rings. The van der Waals surface area contributed by atoms with Gasteiger partial charge in [0, 0.05) is 25.1 Å². The number of nitrogens with one attached hydrogen (secondary N) is 1. The Morgan fingerprint density at radius 1 is 1.36 bits per heavy atom. The number of hydrogen-bond acceptors (Lipinski definition) is 8. The van der Waals surface area contributed by atoms with Gasteiger partial charge in [0.25, 0.3) is 0 Å². The van der Waals surface area contributed by atoms with Crippen LogP contribution in [0.2, 0.25) is 5.28 Å². The fourth-order valence-corrected chi connectivity index (χ4v) is 4.18. The second kappa shape index (κ2) is 8.47. The van der Waals surface area contributed by atoms with Crippen LogP contribution in [-0.2, 0) is 6.54 Å². The van der Waals surface area contributed by atoms with E-state index in [4.69, 9.17) is 16.3 Å². The molecule has 1 N–H and O–H groups in total. The third-order valence-electron chi connectivity index (χ3n) is 5.81. The van der Waals surface area contributed by atoms with Crippen molar-refractivity contribution in [3.63, 3.8) is 0 Å². The first-order chi connectivity index (χ1) is 15.9. The summed E-state index contributed by atoms with van der Waals surface area (Å²) in [4.78, 5) is 19.9. The summed E-state index contributed by atoms with van der Waals surface area (Å²) in [6, 6.07) is -0.0231. The predicted molar refractivity (Wildman–Crippen MR) is 122 cm³/mol. The highest BCUT2D eigenvalue weighted by Crippen LogP contribution is 2.48. The molecule has 3 aromatic rings. The Labute approximate surface area is 194 Å². The van der Waals surface area contributed by atoms with E-state index in [1.807, 2.05) is 32.2 Å². The first-order valence-corrected chi connectivity index (χ1v) is 11.2. The maximum absolute atomic E-state index is 12.0. The number of halogens is 1. The van der Waals surface area contributed by atoms with Crippen LogP contribution in [0, 0.1) is 17.0 Å². The molecule has 0 radical (unpaired) electrons. The van der Waals surface area contributed by atoms with E-state index >= 15 is 0 Å². The van der Waals surface area contributed by atoms with Crippen LogP contribution in [0.15, 0.2) is 24.5 Å². The van der Waals surface area contributed by atoms with Gasteiger partial charge in [-0.15, -0.1) is 5.10 Å². The van der Waals surface area contributed by atoms with Gasteiger partial charge in [0.2, 0.25) is 5.28 Å². The molecule has 1 aliphatic carbocycles. The van der Waals surface area contributed by atoms with E-state index in [0.29, 0.717) is 24.3 Å². The topological polar surface area (TPSA) is 126 Å². The van der Waals surface area contributed by atoms with Crippen LogP contribution in [0.5, 0.6) is 5.88 Å². The van der Waals surface area contributed by atoms with E-state index in [1.54, 1.807) is 15.6 Å². The predicted octanol–water partition coefficient (Wildman–Crippen LogP) is 3.59. The molecule has 1 aliphatic heterocycles. The average Bonchev–Trinajstić information content (AvgIpc) is 3.48. The zero-order valence-electron chi connectivity index (χ0n) is 18.2. The van der Waals surface area contributed by atoms with Gasteiger partial charge in [0.05, 0.1) is 34.3 Å². The molecule has 0 bridgehead atoms. The number of nitro groups is 1. The third kappa shape index (κ3) is 4.04. The molecule has 0 spiro atoms. The summed E-state index contributed by atoms with van der Waals surface area (Å²) < 4.78 is 9.29. The first kappa shape index (κ1) is 21.4. The number of rotatable bonds is 8. The molecule has 1 saturated carbocycles. The Morgan fingerprint density at radius 2 is 2.18 bits per heavy atom. The van der Waals surface area contributed by atoms with E-state index in [9.17, 15) is 10.1 Å². The molecule has 4 heterocycles. The van der Waals surface area contributed by atoms with E-state index in [-0.39, 0.29) is 40.3 Å². The minimum absolute atomic E-state index is 0.0231. The van der Waals surface area contributed by atoms with E-state index in [2.05, 4.69) is 25.5 Å². The number of aromatic nitrogens is 6. The molecule has 5 rings (SSSR count). The van der Waals surface area contributed by atoms with Gasteiger partial charge >= 0.3 is 11.6 Å². The molecule has 3 aromatic heterocycles. The average molecular weight is 471 g/mol. The van der Waals surface area contributed by atoms with E-state index < -0.39 is 0 Å². The summed E-state index contributed by atoms with van der Waals surface area (Å²) in [5.74, 6) is 0.175. The van der Waals surface area contributed by atoms with Crippen LogP contribution >= 0.6 is 11.6 Å². The van der Waals surface area contributed by atoms with Crippen LogP contribution in [-0.4, -0.2) is 47.1 Å². The number of allylic oxidation sites excluding steroid dienone is 2. The standard InChI is InChI=1S/C21H23ClN8O3/c1-12-15-11-24-21(22)25-19(15)28(26-12)9-4-10-33-20-18(30(31)32)17(14-6-7-14)29(27-20)16-5-3-8-23-13(16)2/h3,5,8,11,13-14,23H,4,6-7,9-10H2,1-2H3. The van der Waals surface area contributed by atoms with Crippen molar-refractivity contribution in [3.05, 3.63) is 51.3 Å².